The van der Waals surface area contributed by atoms with E-state index in [2.05, 4.69) is 48.5 Å². The molecule has 140 valence electrons. The molecule has 1 atom stereocenters. The Kier molecular flexibility index (Phi) is 9.16. The van der Waals surface area contributed by atoms with Gasteiger partial charge in [-0.3, -0.25) is 0 Å². The summed E-state index contributed by atoms with van der Waals surface area (Å²) in [5.74, 6) is 0.357. The molecule has 0 radical (unpaired) electrons. The van der Waals surface area contributed by atoms with Crippen molar-refractivity contribution >= 4 is 8.03 Å². The Labute approximate surface area is 158 Å². The molecule has 0 aliphatic heterocycles. The topological polar surface area (TPSA) is 46.5 Å². The van der Waals surface area contributed by atoms with Crippen molar-refractivity contribution in [3.8, 4) is 5.75 Å². The minimum absolute atomic E-state index is 0. The van der Waals surface area contributed by atoms with Gasteiger partial charge in [0.1, 0.15) is 12.4 Å². The van der Waals surface area contributed by atoms with Crippen LogP contribution in [0.3, 0.4) is 0 Å². The van der Waals surface area contributed by atoms with Gasteiger partial charge in [-0.1, -0.05) is 54.9 Å². The van der Waals surface area contributed by atoms with E-state index >= 15 is 0 Å². The molecule has 0 bridgehead atoms. The van der Waals surface area contributed by atoms with Crippen LogP contribution in [0.1, 0.15) is 78.0 Å². The van der Waals surface area contributed by atoms with Gasteiger partial charge in [-0.25, -0.2) is 0 Å². The zero-order chi connectivity index (χ0) is 17.8. The molecule has 0 saturated carbocycles. The summed E-state index contributed by atoms with van der Waals surface area (Å²) in [5.41, 5.74) is 2.42. The average Bonchev–Trinajstić information content (AvgIpc) is 2.38. The molecule has 3 nitrogen and oxygen atoms in total. The van der Waals surface area contributed by atoms with Crippen LogP contribution in [-0.2, 0) is 42.6 Å². The molecule has 0 aliphatic rings. The molecule has 1 rings (SSSR count). The van der Waals surface area contributed by atoms with E-state index < -0.39 is 8.03 Å². The first-order valence-electron chi connectivity index (χ1n) is 8.41. The smallest absolute Gasteiger partial charge is 0.507 e. The maximum atomic E-state index is 12.2. The average molecular weight is 398 g/mol. The number of rotatable bonds is 6. The number of phenols is 1. The summed E-state index contributed by atoms with van der Waals surface area (Å²) < 4.78 is 17.6. The van der Waals surface area contributed by atoms with Crippen molar-refractivity contribution in [3.05, 3.63) is 28.8 Å². The molecule has 1 aromatic carbocycles. The van der Waals surface area contributed by atoms with Gasteiger partial charge in [0.2, 0.25) is 6.16 Å². The van der Waals surface area contributed by atoms with Gasteiger partial charge in [0, 0.05) is 22.1 Å². The van der Waals surface area contributed by atoms with Gasteiger partial charge in [-0.2, -0.15) is 0 Å². The third-order valence-corrected chi connectivity index (χ3v) is 4.92. The van der Waals surface area contributed by atoms with Crippen molar-refractivity contribution in [3.63, 3.8) is 0 Å². The Morgan fingerprint density at radius 3 is 1.88 bits per heavy atom. The minimum atomic E-state index is -1.71. The van der Waals surface area contributed by atoms with Crippen molar-refractivity contribution in [1.82, 2.24) is 0 Å². The van der Waals surface area contributed by atoms with E-state index in [1.807, 2.05) is 12.1 Å². The summed E-state index contributed by atoms with van der Waals surface area (Å²) in [7, 11) is -1.71. The van der Waals surface area contributed by atoms with Crippen LogP contribution in [0.2, 0.25) is 0 Å². The summed E-state index contributed by atoms with van der Waals surface area (Å²) in [6.07, 6.45) is 2.35. The van der Waals surface area contributed by atoms with Crippen LogP contribution in [0.5, 0.6) is 5.75 Å². The van der Waals surface area contributed by atoms with Crippen molar-refractivity contribution in [2.45, 2.75) is 78.3 Å². The molecule has 0 amide bonds. The van der Waals surface area contributed by atoms with Crippen molar-refractivity contribution in [2.75, 3.05) is 6.61 Å². The summed E-state index contributed by atoms with van der Waals surface area (Å²) in [6.45, 7) is 15.1. The fourth-order valence-electron chi connectivity index (χ4n) is 2.43. The Hall–Kier alpha value is -0.426. The quantitative estimate of drug-likeness (QED) is 0.361. The molecular formula is C19H32NiO3P+. The SMILES string of the molecule is CCCCO[P+](=O)Cc1cc(C(C)(C)C)c(O)c(C(C)(C)C)c1.[Ni]. The van der Waals surface area contributed by atoms with Crippen molar-refractivity contribution in [2.24, 2.45) is 0 Å². The first-order valence-corrected chi connectivity index (χ1v) is 9.77. The monoisotopic (exact) mass is 397 g/mol. The standard InChI is InChI=1S/C19H31O3P.Ni/c1-8-9-10-22-23(21)13-14-11-15(18(2,3)4)17(20)16(12-14)19(5,6)7;/h11-12H,8-10,13H2,1-7H3;/p+1. The predicted molar refractivity (Wildman–Crippen MR) is 97.7 cm³/mol. The number of hydrogen-bond donors (Lipinski definition) is 1. The number of phenolic OH excluding ortho intramolecular Hbond substituents is 1. The molecule has 0 saturated heterocycles. The van der Waals surface area contributed by atoms with E-state index in [-0.39, 0.29) is 27.3 Å². The molecular weight excluding hydrogens is 366 g/mol. The third-order valence-electron chi connectivity index (χ3n) is 3.83. The second-order valence-corrected chi connectivity index (χ2v) is 9.46. The first-order chi connectivity index (χ1) is 10.5. The zero-order valence-electron chi connectivity index (χ0n) is 16.0. The van der Waals surface area contributed by atoms with Gasteiger partial charge in [0.05, 0.1) is 0 Å². The zero-order valence-corrected chi connectivity index (χ0v) is 17.9. The number of unbranched alkanes of at least 4 members (excludes halogenated alkanes) is 1. The Balaban J connectivity index is 0.00000529. The van der Waals surface area contributed by atoms with Crippen LogP contribution >= 0.6 is 8.03 Å². The first kappa shape index (κ1) is 23.6. The molecule has 0 aromatic heterocycles. The molecule has 1 N–H and O–H groups in total. The molecule has 24 heavy (non-hydrogen) atoms. The fourth-order valence-corrected chi connectivity index (χ4v) is 3.34. The van der Waals surface area contributed by atoms with E-state index in [4.69, 9.17) is 4.52 Å². The maximum Gasteiger partial charge on any atom is 0.512 e. The molecule has 5 heteroatoms. The van der Waals surface area contributed by atoms with E-state index in [1.165, 1.54) is 0 Å². The van der Waals surface area contributed by atoms with Gasteiger partial charge < -0.3 is 5.11 Å². The molecule has 1 unspecified atom stereocenters. The second kappa shape index (κ2) is 9.32. The van der Waals surface area contributed by atoms with E-state index in [0.29, 0.717) is 18.5 Å². The summed E-state index contributed by atoms with van der Waals surface area (Å²) in [5, 5.41) is 10.7. The second-order valence-electron chi connectivity index (χ2n) is 8.22. The molecule has 1 aromatic rings. The molecule has 0 heterocycles. The number of benzene rings is 1. The van der Waals surface area contributed by atoms with Crippen LogP contribution in [0, 0.1) is 0 Å². The van der Waals surface area contributed by atoms with Crippen LogP contribution < -0.4 is 0 Å². The number of aromatic hydroxyl groups is 1. The Morgan fingerprint density at radius 2 is 1.50 bits per heavy atom. The Morgan fingerprint density at radius 1 is 1.04 bits per heavy atom. The van der Waals surface area contributed by atoms with Crippen LogP contribution in [-0.4, -0.2) is 11.7 Å². The van der Waals surface area contributed by atoms with Gasteiger partial charge in [0.25, 0.3) is 0 Å². The summed E-state index contributed by atoms with van der Waals surface area (Å²) >= 11 is 0. The summed E-state index contributed by atoms with van der Waals surface area (Å²) in [4.78, 5) is 0. The van der Waals surface area contributed by atoms with Gasteiger partial charge in [-0.05, 0) is 45.1 Å². The van der Waals surface area contributed by atoms with Gasteiger partial charge in [-0.15, -0.1) is 4.52 Å². The number of hydrogen-bond acceptors (Lipinski definition) is 3. The molecule has 0 spiro atoms. The van der Waals surface area contributed by atoms with Crippen molar-refractivity contribution in [1.29, 1.82) is 0 Å². The van der Waals surface area contributed by atoms with E-state index in [9.17, 15) is 9.67 Å². The van der Waals surface area contributed by atoms with Crippen molar-refractivity contribution < 1.29 is 30.7 Å². The maximum absolute atomic E-state index is 12.2. The molecule has 0 fully saturated rings. The fraction of sp³-hybridized carbons (Fsp3) is 0.684. The largest absolute Gasteiger partial charge is 0.512 e. The molecule has 0 aliphatic carbocycles. The van der Waals surface area contributed by atoms with Gasteiger partial charge >= 0.3 is 8.03 Å². The van der Waals surface area contributed by atoms with E-state index in [0.717, 1.165) is 29.5 Å². The van der Waals surface area contributed by atoms with E-state index in [1.54, 1.807) is 0 Å². The van der Waals surface area contributed by atoms with Gasteiger partial charge in [0.15, 0.2) is 0 Å². The summed E-state index contributed by atoms with van der Waals surface area (Å²) in [6, 6.07) is 3.95. The minimum Gasteiger partial charge on any atom is -0.507 e. The van der Waals surface area contributed by atoms with Crippen LogP contribution in [0.15, 0.2) is 12.1 Å². The van der Waals surface area contributed by atoms with Crippen LogP contribution in [0.4, 0.5) is 0 Å². The Bertz CT molecular complexity index is 522. The normalized spacial score (nSPS) is 12.7. The van der Waals surface area contributed by atoms with Crippen LogP contribution in [0.25, 0.3) is 0 Å². The third kappa shape index (κ3) is 6.83. The predicted octanol–water partition coefficient (Wildman–Crippen LogP) is 6.04.